The molecule has 1 saturated heterocycles. The van der Waals surface area contributed by atoms with Gasteiger partial charge in [-0.25, -0.2) is 4.79 Å². The van der Waals surface area contributed by atoms with E-state index in [1.165, 1.54) is 18.2 Å². The normalized spacial score (nSPS) is 29.7. The molecule has 5 atom stereocenters. The van der Waals surface area contributed by atoms with E-state index in [1.54, 1.807) is 6.07 Å². The molecule has 1 aromatic rings. The highest BCUT2D eigenvalue weighted by molar-refractivity contribution is 7.99. The zero-order valence-electron chi connectivity index (χ0n) is 22.4. The van der Waals surface area contributed by atoms with E-state index in [0.29, 0.717) is 29.5 Å². The highest BCUT2D eigenvalue weighted by atomic mass is 32.2. The fourth-order valence-corrected chi connectivity index (χ4v) is 6.81. The van der Waals surface area contributed by atoms with E-state index in [0.717, 1.165) is 17.5 Å². The van der Waals surface area contributed by atoms with Crippen molar-refractivity contribution in [3.05, 3.63) is 34.9 Å². The van der Waals surface area contributed by atoms with Gasteiger partial charge in [-0.1, -0.05) is 26.0 Å². The first kappa shape index (κ1) is 26.6. The Kier molecular flexibility index (Phi) is 7.15. The summed E-state index contributed by atoms with van der Waals surface area (Å²) in [5.74, 6) is 1.11. The standard InChI is InChI=1S/C27H40BNO5S/c1-16-18(10-9-11-19(16)24(31)32-25(2,3)4)20(29-23(30)15-35-8)14-28-33-22-13-17-12-21(26(17,5)6)27(22,7)34-28/h9-11,17,20-22H,12-15H2,1-8H3,(H,29,30)/t17-,20?,21-,22?,27-/m0/s1. The average molecular weight is 501 g/mol. The molecule has 1 amide bonds. The highest BCUT2D eigenvalue weighted by Gasteiger charge is 2.67. The van der Waals surface area contributed by atoms with Gasteiger partial charge in [0.1, 0.15) is 5.60 Å². The number of nitrogens with one attached hydrogen (secondary N) is 1. The van der Waals surface area contributed by atoms with Crippen molar-refractivity contribution in [2.75, 3.05) is 12.0 Å². The molecule has 35 heavy (non-hydrogen) atoms. The van der Waals surface area contributed by atoms with Gasteiger partial charge in [0.05, 0.1) is 29.1 Å². The molecule has 0 spiro atoms. The molecule has 1 N–H and O–H groups in total. The van der Waals surface area contributed by atoms with Crippen LogP contribution in [0.25, 0.3) is 0 Å². The van der Waals surface area contributed by atoms with Crippen molar-refractivity contribution in [1.82, 2.24) is 5.32 Å². The van der Waals surface area contributed by atoms with E-state index in [2.05, 4.69) is 26.1 Å². The van der Waals surface area contributed by atoms with Gasteiger partial charge in [-0.15, -0.1) is 0 Å². The monoisotopic (exact) mass is 501 g/mol. The second-order valence-electron chi connectivity index (χ2n) is 12.2. The minimum Gasteiger partial charge on any atom is -0.456 e. The number of rotatable bonds is 7. The fraction of sp³-hybridized carbons (Fsp3) is 0.704. The topological polar surface area (TPSA) is 73.9 Å². The number of benzene rings is 1. The van der Waals surface area contributed by atoms with E-state index in [-0.39, 0.29) is 35.0 Å². The number of thioether (sulfide) groups is 1. The summed E-state index contributed by atoms with van der Waals surface area (Å²) in [7, 11) is -0.413. The van der Waals surface area contributed by atoms with Crippen molar-refractivity contribution in [2.24, 2.45) is 17.3 Å². The van der Waals surface area contributed by atoms with Crippen LogP contribution in [0.1, 0.15) is 81.9 Å². The molecule has 2 unspecified atom stereocenters. The molecular weight excluding hydrogens is 461 g/mol. The molecule has 3 aliphatic carbocycles. The van der Waals surface area contributed by atoms with Crippen LogP contribution in [-0.2, 0) is 18.8 Å². The maximum atomic E-state index is 12.9. The lowest BCUT2D eigenvalue weighted by atomic mass is 9.43. The molecule has 5 rings (SSSR count). The van der Waals surface area contributed by atoms with Crippen molar-refractivity contribution in [3.63, 3.8) is 0 Å². The average Bonchev–Trinajstić information content (AvgIpc) is 3.07. The van der Waals surface area contributed by atoms with Crippen molar-refractivity contribution < 1.29 is 23.6 Å². The molecule has 3 saturated carbocycles. The van der Waals surface area contributed by atoms with Crippen LogP contribution in [0.3, 0.4) is 0 Å². The van der Waals surface area contributed by atoms with Gasteiger partial charge in [-0.3, -0.25) is 4.79 Å². The first-order chi connectivity index (χ1) is 16.3. The van der Waals surface area contributed by atoms with Gasteiger partial charge in [-0.05, 0) is 88.2 Å². The van der Waals surface area contributed by atoms with E-state index in [9.17, 15) is 9.59 Å². The van der Waals surface area contributed by atoms with Gasteiger partial charge in [-0.2, -0.15) is 11.8 Å². The third kappa shape index (κ3) is 5.03. The molecule has 1 aromatic carbocycles. The number of ether oxygens (including phenoxy) is 1. The Morgan fingerprint density at radius 1 is 1.26 bits per heavy atom. The maximum Gasteiger partial charge on any atom is 0.460 e. The quantitative estimate of drug-likeness (QED) is 0.409. The van der Waals surface area contributed by atoms with Crippen LogP contribution in [0.2, 0.25) is 6.32 Å². The molecule has 192 valence electrons. The minimum atomic E-state index is -0.586. The van der Waals surface area contributed by atoms with Crippen LogP contribution in [0.15, 0.2) is 18.2 Å². The SMILES string of the molecule is CSCC(=O)NC(CB1OC2C[C@@H]3C[C@@H](C3(C)C)[C@]2(C)O1)c1cccc(C(=O)OC(C)(C)C)c1C. The van der Waals surface area contributed by atoms with Gasteiger partial charge in [0.25, 0.3) is 0 Å². The molecule has 2 bridgehead atoms. The number of hydrogen-bond acceptors (Lipinski definition) is 6. The molecule has 8 heteroatoms. The lowest BCUT2D eigenvalue weighted by Gasteiger charge is -2.64. The first-order valence-electron chi connectivity index (χ1n) is 12.7. The van der Waals surface area contributed by atoms with Gasteiger partial charge in [0.2, 0.25) is 5.91 Å². The van der Waals surface area contributed by atoms with E-state index >= 15 is 0 Å². The second-order valence-corrected chi connectivity index (χ2v) is 13.1. The molecule has 0 aromatic heterocycles. The third-order valence-electron chi connectivity index (χ3n) is 8.41. The Morgan fingerprint density at radius 3 is 2.60 bits per heavy atom. The van der Waals surface area contributed by atoms with Crippen molar-refractivity contribution >= 4 is 30.8 Å². The molecular formula is C27H40BNO5S. The lowest BCUT2D eigenvalue weighted by Crippen LogP contribution is -2.65. The van der Waals surface area contributed by atoms with Gasteiger partial charge in [0, 0.05) is 6.32 Å². The van der Waals surface area contributed by atoms with E-state index in [1.807, 2.05) is 46.1 Å². The Bertz CT molecular complexity index is 992. The predicted octanol–water partition coefficient (Wildman–Crippen LogP) is 5.20. The first-order valence-corrected chi connectivity index (χ1v) is 14.1. The smallest absolute Gasteiger partial charge is 0.456 e. The van der Waals surface area contributed by atoms with Crippen LogP contribution in [0, 0.1) is 24.2 Å². The Balaban J connectivity index is 1.58. The van der Waals surface area contributed by atoms with Crippen molar-refractivity contribution in [3.8, 4) is 0 Å². The zero-order valence-corrected chi connectivity index (χ0v) is 23.2. The fourth-order valence-electron chi connectivity index (χ4n) is 6.46. The largest absolute Gasteiger partial charge is 0.460 e. The summed E-state index contributed by atoms with van der Waals surface area (Å²) in [5.41, 5.74) is 1.59. The number of esters is 1. The van der Waals surface area contributed by atoms with Crippen molar-refractivity contribution in [2.45, 2.75) is 91.0 Å². The van der Waals surface area contributed by atoms with Gasteiger partial charge < -0.3 is 19.4 Å². The summed E-state index contributed by atoms with van der Waals surface area (Å²) in [6, 6.07) is 5.26. The number of carbonyl (C=O) groups excluding carboxylic acids is 2. The molecule has 0 radical (unpaired) electrons. The zero-order chi connectivity index (χ0) is 25.8. The summed E-state index contributed by atoms with van der Waals surface area (Å²) >= 11 is 1.48. The Morgan fingerprint density at radius 2 is 1.97 bits per heavy atom. The van der Waals surface area contributed by atoms with Crippen LogP contribution < -0.4 is 5.32 Å². The molecule has 6 nitrogen and oxygen atoms in total. The van der Waals surface area contributed by atoms with E-state index < -0.39 is 12.7 Å². The number of amides is 1. The number of hydrogen-bond donors (Lipinski definition) is 1. The van der Waals surface area contributed by atoms with Crippen LogP contribution in [-0.4, -0.2) is 48.3 Å². The summed E-state index contributed by atoms with van der Waals surface area (Å²) in [4.78, 5) is 25.5. The summed E-state index contributed by atoms with van der Waals surface area (Å²) in [5, 5.41) is 3.18. The maximum absolute atomic E-state index is 12.9. The molecule has 4 fully saturated rings. The summed E-state index contributed by atoms with van der Waals surface area (Å²) in [6.45, 7) is 14.4. The highest BCUT2D eigenvalue weighted by Crippen LogP contribution is 2.65. The number of carbonyl (C=O) groups is 2. The second kappa shape index (κ2) is 9.42. The molecule has 1 aliphatic heterocycles. The van der Waals surface area contributed by atoms with Crippen molar-refractivity contribution in [1.29, 1.82) is 0 Å². The van der Waals surface area contributed by atoms with Crippen LogP contribution >= 0.6 is 11.8 Å². The van der Waals surface area contributed by atoms with E-state index in [4.69, 9.17) is 14.0 Å². The molecule has 4 aliphatic rings. The third-order valence-corrected chi connectivity index (χ3v) is 8.96. The van der Waals surface area contributed by atoms with Gasteiger partial charge in [0.15, 0.2) is 0 Å². The Labute approximate surface area is 214 Å². The summed E-state index contributed by atoms with van der Waals surface area (Å²) in [6.07, 6.45) is 4.70. The van der Waals surface area contributed by atoms with Gasteiger partial charge >= 0.3 is 13.1 Å². The Hall–Kier alpha value is -1.51. The predicted molar refractivity (Wildman–Crippen MR) is 141 cm³/mol. The van der Waals surface area contributed by atoms with Crippen LogP contribution in [0.4, 0.5) is 0 Å². The lowest BCUT2D eigenvalue weighted by molar-refractivity contribution is -0.199. The summed E-state index contributed by atoms with van der Waals surface area (Å²) < 4.78 is 18.7. The molecule has 1 heterocycles. The van der Waals surface area contributed by atoms with Crippen LogP contribution in [0.5, 0.6) is 0 Å². The minimum absolute atomic E-state index is 0.0467.